The van der Waals surface area contributed by atoms with Gasteiger partial charge in [0.2, 0.25) is 5.28 Å². The van der Waals surface area contributed by atoms with Crippen LogP contribution in [-0.2, 0) is 10.9 Å². The van der Waals surface area contributed by atoms with Crippen LogP contribution >= 0.6 is 27.5 Å². The van der Waals surface area contributed by atoms with E-state index in [0.717, 1.165) is 6.07 Å². The van der Waals surface area contributed by atoms with Gasteiger partial charge in [0.25, 0.3) is 0 Å². The molecule has 1 aromatic heterocycles. The van der Waals surface area contributed by atoms with Crippen LogP contribution in [0.1, 0.15) is 39.7 Å². The molecular formula is C20H22BrClF4N4O2. The normalized spacial score (nSPS) is 17.2. The van der Waals surface area contributed by atoms with E-state index in [0.29, 0.717) is 19.5 Å². The van der Waals surface area contributed by atoms with Crippen LogP contribution in [0.5, 0.6) is 0 Å². The van der Waals surface area contributed by atoms with Gasteiger partial charge in [0.1, 0.15) is 16.9 Å². The molecule has 0 spiro atoms. The third-order valence-corrected chi connectivity index (χ3v) is 5.94. The summed E-state index contributed by atoms with van der Waals surface area (Å²) in [5.41, 5.74) is -2.15. The molecule has 1 saturated heterocycles. The Labute approximate surface area is 196 Å². The number of ether oxygens (including phenoxy) is 1. The number of hydrogen-bond acceptors (Lipinski definition) is 5. The number of likely N-dealkylation sites (N-methyl/N-ethyl adjacent to an activating group) is 1. The fourth-order valence-electron chi connectivity index (χ4n) is 3.66. The molecule has 0 saturated carbocycles. The Morgan fingerprint density at radius 2 is 2.00 bits per heavy atom. The third-order valence-electron chi connectivity index (χ3n) is 5.00. The summed E-state index contributed by atoms with van der Waals surface area (Å²) in [6, 6.07) is 0.542. The van der Waals surface area contributed by atoms with Gasteiger partial charge < -0.3 is 14.5 Å². The van der Waals surface area contributed by atoms with E-state index in [2.05, 4.69) is 25.9 Å². The van der Waals surface area contributed by atoms with E-state index in [-0.39, 0.29) is 34.6 Å². The molecule has 3 rings (SSSR count). The molecule has 1 fully saturated rings. The molecule has 0 N–H and O–H groups in total. The fourth-order valence-corrected chi connectivity index (χ4v) is 4.35. The predicted octanol–water partition coefficient (Wildman–Crippen LogP) is 6.04. The molecule has 6 nitrogen and oxygen atoms in total. The summed E-state index contributed by atoms with van der Waals surface area (Å²) < 4.78 is 60.0. The van der Waals surface area contributed by atoms with Crippen molar-refractivity contribution in [3.63, 3.8) is 0 Å². The summed E-state index contributed by atoms with van der Waals surface area (Å²) in [5, 5.41) is -0.404. The van der Waals surface area contributed by atoms with Gasteiger partial charge in [-0.1, -0.05) is 0 Å². The maximum absolute atomic E-state index is 14.8. The molecule has 2 aromatic rings. The molecule has 1 aliphatic heterocycles. The standard InChI is InChI=1S/C20H22BrClF4N4O2/c1-5-30(10-6-7-29(9-10)18(31)32-19(2,3)4)16-11-8-12(20(24,25)26)13(21)14(23)15(11)27-17(22)28-16/h8,10H,5-7,9H2,1-4H3/t10-/m1/s1. The number of rotatable bonds is 3. The molecule has 12 heteroatoms. The lowest BCUT2D eigenvalue weighted by molar-refractivity contribution is -0.138. The second-order valence-corrected chi connectivity index (χ2v) is 9.55. The first-order valence-electron chi connectivity index (χ1n) is 9.90. The smallest absolute Gasteiger partial charge is 0.417 e. The van der Waals surface area contributed by atoms with Crippen LogP contribution in [0.3, 0.4) is 0 Å². The fraction of sp³-hybridized carbons (Fsp3) is 0.550. The van der Waals surface area contributed by atoms with E-state index in [4.69, 9.17) is 16.3 Å². The van der Waals surface area contributed by atoms with Gasteiger partial charge in [-0.15, -0.1) is 0 Å². The number of alkyl halides is 3. The van der Waals surface area contributed by atoms with Crippen molar-refractivity contribution in [1.29, 1.82) is 0 Å². The second-order valence-electron chi connectivity index (χ2n) is 8.42. The second kappa shape index (κ2) is 8.81. The minimum atomic E-state index is -4.79. The van der Waals surface area contributed by atoms with E-state index in [1.165, 1.54) is 4.90 Å². The number of likely N-dealkylation sites (tertiary alicyclic amines) is 1. The first kappa shape index (κ1) is 24.8. The van der Waals surface area contributed by atoms with Gasteiger partial charge >= 0.3 is 12.3 Å². The van der Waals surface area contributed by atoms with Crippen LogP contribution < -0.4 is 4.90 Å². The molecule has 1 aliphatic rings. The van der Waals surface area contributed by atoms with Crippen molar-refractivity contribution in [2.45, 2.75) is 51.9 Å². The Hall–Kier alpha value is -1.88. The summed E-state index contributed by atoms with van der Waals surface area (Å²) in [6.07, 6.45) is -4.74. The monoisotopic (exact) mass is 540 g/mol. The lowest BCUT2D eigenvalue weighted by Gasteiger charge is -2.30. The van der Waals surface area contributed by atoms with Gasteiger partial charge in [0.15, 0.2) is 5.82 Å². The van der Waals surface area contributed by atoms with Crippen LogP contribution in [0.25, 0.3) is 10.9 Å². The summed E-state index contributed by atoms with van der Waals surface area (Å²) in [5.74, 6) is -1.09. The zero-order valence-electron chi connectivity index (χ0n) is 17.9. The van der Waals surface area contributed by atoms with Crippen LogP contribution in [0, 0.1) is 5.82 Å². The number of nitrogens with zero attached hydrogens (tertiary/aromatic N) is 4. The summed E-state index contributed by atoms with van der Waals surface area (Å²) in [7, 11) is 0. The zero-order chi connectivity index (χ0) is 24.0. The number of aromatic nitrogens is 2. The van der Waals surface area contributed by atoms with Crippen molar-refractivity contribution in [2.75, 3.05) is 24.5 Å². The molecule has 0 bridgehead atoms. The van der Waals surface area contributed by atoms with E-state index in [1.54, 1.807) is 32.6 Å². The molecule has 1 amide bonds. The van der Waals surface area contributed by atoms with Gasteiger partial charge in [0, 0.05) is 31.1 Å². The Balaban J connectivity index is 2.04. The molecule has 32 heavy (non-hydrogen) atoms. The Morgan fingerprint density at radius 3 is 2.56 bits per heavy atom. The van der Waals surface area contributed by atoms with E-state index in [9.17, 15) is 22.4 Å². The summed E-state index contributed by atoms with van der Waals surface area (Å²) in [4.78, 5) is 23.6. The maximum atomic E-state index is 14.8. The van der Waals surface area contributed by atoms with Crippen molar-refractivity contribution >= 4 is 50.3 Å². The SMILES string of the molecule is CCN(c1nc(Cl)nc2c(F)c(Br)c(C(F)(F)F)cc12)[C@@H]1CCN(C(=O)OC(C)(C)C)C1. The number of carbonyl (C=O) groups excluding carboxylic acids is 1. The van der Waals surface area contributed by atoms with Crippen LogP contribution in [-0.4, -0.2) is 52.2 Å². The number of halogens is 6. The highest BCUT2D eigenvalue weighted by Crippen LogP contribution is 2.41. The van der Waals surface area contributed by atoms with E-state index < -0.39 is 33.7 Å². The molecule has 1 aromatic carbocycles. The zero-order valence-corrected chi connectivity index (χ0v) is 20.2. The van der Waals surface area contributed by atoms with Gasteiger partial charge in [-0.05, 0) is 67.7 Å². The number of hydrogen-bond donors (Lipinski definition) is 0. The van der Waals surface area contributed by atoms with Crippen LogP contribution in [0.15, 0.2) is 10.5 Å². The van der Waals surface area contributed by atoms with Gasteiger partial charge in [-0.2, -0.15) is 18.2 Å². The van der Waals surface area contributed by atoms with Crippen molar-refractivity contribution in [1.82, 2.24) is 14.9 Å². The highest BCUT2D eigenvalue weighted by atomic mass is 79.9. The molecule has 1 atom stereocenters. The van der Waals surface area contributed by atoms with Crippen molar-refractivity contribution in [3.8, 4) is 0 Å². The lowest BCUT2D eigenvalue weighted by atomic mass is 10.1. The minimum Gasteiger partial charge on any atom is -0.444 e. The molecular weight excluding hydrogens is 520 g/mol. The highest BCUT2D eigenvalue weighted by molar-refractivity contribution is 9.10. The van der Waals surface area contributed by atoms with E-state index in [1.807, 2.05) is 0 Å². The maximum Gasteiger partial charge on any atom is 0.417 e. The molecule has 0 unspecified atom stereocenters. The largest absolute Gasteiger partial charge is 0.444 e. The number of anilines is 1. The minimum absolute atomic E-state index is 0.0791. The van der Waals surface area contributed by atoms with Crippen LogP contribution in [0.4, 0.5) is 28.2 Å². The number of amides is 1. The number of benzene rings is 1. The number of fused-ring (bicyclic) bond motifs is 1. The average Bonchev–Trinajstić information content (AvgIpc) is 3.13. The first-order chi connectivity index (χ1) is 14.7. The van der Waals surface area contributed by atoms with Crippen molar-refractivity contribution in [2.24, 2.45) is 0 Å². The highest BCUT2D eigenvalue weighted by Gasteiger charge is 2.38. The Kier molecular flexibility index (Phi) is 6.82. The lowest BCUT2D eigenvalue weighted by Crippen LogP contribution is -2.41. The summed E-state index contributed by atoms with van der Waals surface area (Å²) >= 11 is 8.68. The first-order valence-corrected chi connectivity index (χ1v) is 11.1. The van der Waals surface area contributed by atoms with Crippen molar-refractivity contribution in [3.05, 3.63) is 27.2 Å². The average molecular weight is 542 g/mol. The van der Waals surface area contributed by atoms with Crippen molar-refractivity contribution < 1.29 is 27.1 Å². The third kappa shape index (κ3) is 5.03. The molecule has 0 radical (unpaired) electrons. The molecule has 176 valence electrons. The Morgan fingerprint density at radius 1 is 1.34 bits per heavy atom. The van der Waals surface area contributed by atoms with E-state index >= 15 is 0 Å². The van der Waals surface area contributed by atoms with Gasteiger partial charge in [-0.3, -0.25) is 0 Å². The Bertz CT molecular complexity index is 1050. The van der Waals surface area contributed by atoms with Gasteiger partial charge in [-0.25, -0.2) is 14.2 Å². The quantitative estimate of drug-likeness (QED) is 0.350. The molecule has 0 aliphatic carbocycles. The summed E-state index contributed by atoms with van der Waals surface area (Å²) in [6.45, 7) is 8.09. The number of carbonyl (C=O) groups is 1. The topological polar surface area (TPSA) is 58.6 Å². The predicted molar refractivity (Wildman–Crippen MR) is 116 cm³/mol. The van der Waals surface area contributed by atoms with Crippen LogP contribution in [0.2, 0.25) is 5.28 Å². The molecule has 2 heterocycles. The van der Waals surface area contributed by atoms with Gasteiger partial charge in [0.05, 0.1) is 10.0 Å².